The van der Waals surface area contributed by atoms with Crippen molar-refractivity contribution in [3.63, 3.8) is 0 Å². The molecule has 62 heavy (non-hydrogen) atoms. The lowest BCUT2D eigenvalue weighted by atomic mass is 10.0. The molecule has 0 aliphatic rings. The molecule has 6 nitrogen and oxygen atoms in total. The van der Waals surface area contributed by atoms with Crippen LogP contribution in [0.4, 0.5) is 0 Å². The van der Waals surface area contributed by atoms with Crippen molar-refractivity contribution in [2.45, 2.75) is 264 Å². The first-order valence-corrected chi connectivity index (χ1v) is 26.3. The van der Waals surface area contributed by atoms with Gasteiger partial charge in [0.1, 0.15) is 13.2 Å². The Kier molecular flexibility index (Phi) is 48.4. The van der Waals surface area contributed by atoms with Gasteiger partial charge in [0.15, 0.2) is 6.10 Å². The summed E-state index contributed by atoms with van der Waals surface area (Å²) in [5.74, 6) is -0.905. The van der Waals surface area contributed by atoms with Crippen LogP contribution in [-0.4, -0.2) is 37.2 Å². The maximum Gasteiger partial charge on any atom is 0.306 e. The topological polar surface area (TPSA) is 78.9 Å². The molecule has 1 atom stereocenters. The monoisotopic (exact) mass is 867 g/mol. The summed E-state index contributed by atoms with van der Waals surface area (Å²) >= 11 is 0. The van der Waals surface area contributed by atoms with E-state index in [2.05, 4.69) is 81.5 Å². The van der Waals surface area contributed by atoms with Crippen LogP contribution >= 0.6 is 0 Å². The number of hydrogen-bond acceptors (Lipinski definition) is 6. The lowest BCUT2D eigenvalue weighted by Gasteiger charge is -2.18. The van der Waals surface area contributed by atoms with Gasteiger partial charge in [0.2, 0.25) is 0 Å². The summed E-state index contributed by atoms with van der Waals surface area (Å²) in [5, 5.41) is 0. The Hall–Kier alpha value is -2.89. The highest BCUT2D eigenvalue weighted by Gasteiger charge is 2.19. The predicted octanol–water partition coefficient (Wildman–Crippen LogP) is 17.3. The predicted molar refractivity (Wildman–Crippen MR) is 265 cm³/mol. The Morgan fingerprint density at radius 3 is 1.15 bits per heavy atom. The van der Waals surface area contributed by atoms with Gasteiger partial charge in [0.25, 0.3) is 0 Å². The normalized spacial score (nSPS) is 12.5. The molecule has 0 amide bonds. The van der Waals surface area contributed by atoms with Crippen molar-refractivity contribution < 1.29 is 28.6 Å². The molecule has 0 aliphatic carbocycles. The average Bonchev–Trinajstić information content (AvgIpc) is 3.27. The molecule has 0 saturated carbocycles. The Labute approximate surface area is 383 Å². The van der Waals surface area contributed by atoms with Crippen molar-refractivity contribution in [2.75, 3.05) is 13.2 Å². The van der Waals surface area contributed by atoms with Crippen molar-refractivity contribution in [3.05, 3.63) is 60.8 Å². The smallest absolute Gasteiger partial charge is 0.306 e. The Morgan fingerprint density at radius 1 is 0.355 bits per heavy atom. The molecular weight excluding hydrogens is 769 g/mol. The molecular formula is C56H98O6. The van der Waals surface area contributed by atoms with Gasteiger partial charge in [-0.2, -0.15) is 0 Å². The lowest BCUT2D eigenvalue weighted by Crippen LogP contribution is -2.30. The summed E-state index contributed by atoms with van der Waals surface area (Å²) in [6.07, 6.45) is 62.1. The second-order valence-corrected chi connectivity index (χ2v) is 17.4. The molecule has 0 aromatic rings. The second kappa shape index (κ2) is 50.8. The summed E-state index contributed by atoms with van der Waals surface area (Å²) in [4.78, 5) is 38.0. The molecule has 0 fully saturated rings. The molecule has 0 N–H and O–H groups in total. The van der Waals surface area contributed by atoms with Crippen LogP contribution in [0.15, 0.2) is 60.8 Å². The van der Waals surface area contributed by atoms with E-state index in [0.717, 1.165) is 103 Å². The van der Waals surface area contributed by atoms with Crippen LogP contribution in [0.3, 0.4) is 0 Å². The maximum absolute atomic E-state index is 12.8. The highest BCUT2D eigenvalue weighted by molar-refractivity contribution is 5.71. The fraction of sp³-hybridized carbons (Fsp3) is 0.768. The summed E-state index contributed by atoms with van der Waals surface area (Å²) in [6.45, 7) is 6.39. The number of rotatable bonds is 47. The van der Waals surface area contributed by atoms with Crippen molar-refractivity contribution in [1.82, 2.24) is 0 Å². The van der Waals surface area contributed by atoms with Crippen LogP contribution in [0.5, 0.6) is 0 Å². The molecule has 0 aromatic heterocycles. The zero-order chi connectivity index (χ0) is 45.1. The third-order valence-corrected chi connectivity index (χ3v) is 11.3. The molecule has 0 heterocycles. The number of ether oxygens (including phenoxy) is 3. The van der Waals surface area contributed by atoms with Crippen LogP contribution in [-0.2, 0) is 28.6 Å². The largest absolute Gasteiger partial charge is 0.462 e. The first kappa shape index (κ1) is 59.1. The highest BCUT2D eigenvalue weighted by Crippen LogP contribution is 2.16. The molecule has 0 aromatic carbocycles. The fourth-order valence-corrected chi connectivity index (χ4v) is 7.42. The molecule has 1 unspecified atom stereocenters. The quantitative estimate of drug-likeness (QED) is 0.0199. The highest BCUT2D eigenvalue weighted by atomic mass is 16.6. The van der Waals surface area contributed by atoms with E-state index in [1.165, 1.54) is 116 Å². The van der Waals surface area contributed by atoms with E-state index in [1.54, 1.807) is 0 Å². The second-order valence-electron chi connectivity index (χ2n) is 17.4. The van der Waals surface area contributed by atoms with Crippen LogP contribution in [0, 0.1) is 0 Å². The molecule has 0 rings (SSSR count). The number of unbranched alkanes of at least 4 members (excludes halogenated alkanes) is 28. The minimum absolute atomic E-state index is 0.0822. The van der Waals surface area contributed by atoms with E-state index >= 15 is 0 Å². The Balaban J connectivity index is 4.37. The van der Waals surface area contributed by atoms with Gasteiger partial charge in [-0.3, -0.25) is 14.4 Å². The molecule has 6 heteroatoms. The number of carbonyl (C=O) groups is 3. The van der Waals surface area contributed by atoms with Crippen LogP contribution in [0.2, 0.25) is 0 Å². The summed E-state index contributed by atoms with van der Waals surface area (Å²) < 4.78 is 16.8. The van der Waals surface area contributed by atoms with E-state index in [4.69, 9.17) is 14.2 Å². The van der Waals surface area contributed by atoms with E-state index in [0.29, 0.717) is 19.3 Å². The van der Waals surface area contributed by atoms with Gasteiger partial charge >= 0.3 is 17.9 Å². The van der Waals surface area contributed by atoms with E-state index < -0.39 is 6.10 Å². The van der Waals surface area contributed by atoms with Gasteiger partial charge in [-0.1, -0.05) is 236 Å². The fourth-order valence-electron chi connectivity index (χ4n) is 7.42. The van der Waals surface area contributed by atoms with Crippen molar-refractivity contribution in [1.29, 1.82) is 0 Å². The number of allylic oxidation sites excluding steroid dienone is 10. The van der Waals surface area contributed by atoms with Crippen LogP contribution < -0.4 is 0 Å². The summed E-state index contributed by atoms with van der Waals surface area (Å²) in [7, 11) is 0. The van der Waals surface area contributed by atoms with Gasteiger partial charge < -0.3 is 14.2 Å². The van der Waals surface area contributed by atoms with E-state index in [-0.39, 0.29) is 31.1 Å². The standard InChI is InChI=1S/C56H98O6/c1-4-7-10-13-16-19-22-25-27-28-29-32-34-37-40-43-46-49-55(58)61-52-53(51-60-54(57)48-45-42-39-36-33-30-24-21-18-15-12-9-6-3)62-56(59)50-47-44-41-38-35-31-26-23-20-17-14-11-8-5-2/h8-9,11-12,15,17-18,20-21,24,53H,4-7,10,13-14,16,19,22-23,25-52H2,1-3H3/b11-8+,12-9+,18-15+,20-17+,24-21+. The maximum atomic E-state index is 12.8. The van der Waals surface area contributed by atoms with Crippen molar-refractivity contribution in [3.8, 4) is 0 Å². The summed E-state index contributed by atoms with van der Waals surface area (Å²) in [5.41, 5.74) is 0. The van der Waals surface area contributed by atoms with Gasteiger partial charge in [0, 0.05) is 19.3 Å². The first-order chi connectivity index (χ1) is 30.5. The minimum Gasteiger partial charge on any atom is -0.462 e. The summed E-state index contributed by atoms with van der Waals surface area (Å²) in [6, 6.07) is 0. The van der Waals surface area contributed by atoms with E-state index in [9.17, 15) is 14.4 Å². The van der Waals surface area contributed by atoms with Gasteiger partial charge in [-0.25, -0.2) is 0 Å². The molecule has 0 spiro atoms. The van der Waals surface area contributed by atoms with Crippen LogP contribution in [0.1, 0.15) is 258 Å². The van der Waals surface area contributed by atoms with Gasteiger partial charge in [0.05, 0.1) is 0 Å². The zero-order valence-electron chi connectivity index (χ0n) is 40.9. The van der Waals surface area contributed by atoms with E-state index in [1.807, 2.05) is 0 Å². The Morgan fingerprint density at radius 2 is 0.710 bits per heavy atom. The van der Waals surface area contributed by atoms with Crippen LogP contribution in [0.25, 0.3) is 0 Å². The average molecular weight is 867 g/mol. The molecule has 0 bridgehead atoms. The molecule has 358 valence electrons. The number of carbonyl (C=O) groups excluding carboxylic acids is 3. The lowest BCUT2D eigenvalue weighted by molar-refractivity contribution is -0.167. The third kappa shape index (κ3) is 48.1. The minimum atomic E-state index is -0.784. The van der Waals surface area contributed by atoms with Crippen molar-refractivity contribution in [2.24, 2.45) is 0 Å². The molecule has 0 aliphatic heterocycles. The SMILES string of the molecule is CC/C=C/C=C/C=C/CCCCCCCC(=O)OCC(COC(=O)CCCCCCCCCCCCCCCCCCC)OC(=O)CCCCCCCCC/C=C/C/C=C/CC. The van der Waals surface area contributed by atoms with Gasteiger partial charge in [-0.15, -0.1) is 0 Å². The zero-order valence-corrected chi connectivity index (χ0v) is 40.9. The first-order valence-electron chi connectivity index (χ1n) is 26.3. The van der Waals surface area contributed by atoms with Crippen molar-refractivity contribution >= 4 is 17.9 Å². The third-order valence-electron chi connectivity index (χ3n) is 11.3. The molecule has 0 saturated heterocycles. The Bertz CT molecular complexity index is 1130. The molecule has 0 radical (unpaired) electrons. The number of hydrogen-bond donors (Lipinski definition) is 0. The van der Waals surface area contributed by atoms with Gasteiger partial charge in [-0.05, 0) is 64.2 Å². The number of esters is 3.